The zero-order valence-electron chi connectivity index (χ0n) is 13.3. The van der Waals surface area contributed by atoms with Crippen molar-refractivity contribution in [3.8, 4) is 16.9 Å². The summed E-state index contributed by atoms with van der Waals surface area (Å²) in [6.45, 7) is 6.40. The van der Waals surface area contributed by atoms with Gasteiger partial charge in [0.1, 0.15) is 7.05 Å². The van der Waals surface area contributed by atoms with Crippen molar-refractivity contribution >= 4 is 0 Å². The van der Waals surface area contributed by atoms with Crippen LogP contribution in [0.25, 0.3) is 16.9 Å². The second-order valence-corrected chi connectivity index (χ2v) is 5.59. The Morgan fingerprint density at radius 1 is 0.955 bits per heavy atom. The molecule has 0 unspecified atom stereocenters. The number of nitrogens with zero attached hydrogens (tertiary/aromatic N) is 3. The third-order valence-electron chi connectivity index (χ3n) is 3.76. The Morgan fingerprint density at radius 3 is 2.14 bits per heavy atom. The highest BCUT2D eigenvalue weighted by atomic mass is 127. The monoisotopic (exact) mass is 405 g/mol. The number of hydrogen-bond acceptors (Lipinski definition) is 1. The van der Waals surface area contributed by atoms with E-state index in [0.29, 0.717) is 0 Å². The highest BCUT2D eigenvalue weighted by Crippen LogP contribution is 2.19. The smallest absolute Gasteiger partial charge is 0.197 e. The topological polar surface area (TPSA) is 21.7 Å². The van der Waals surface area contributed by atoms with Crippen LogP contribution in [-0.4, -0.2) is 9.90 Å². The average Bonchev–Trinajstić information content (AvgIpc) is 2.80. The standard InChI is InChI=1S/C18H20N3.HI/c1-13-10-14(2)18(15(3)11-13)21-12-17(20(4)19-21)16-8-6-5-7-9-16;/h5-12H,1-4H3;1H/q+1;/p-1. The number of benzene rings is 2. The Morgan fingerprint density at radius 2 is 1.55 bits per heavy atom. The van der Waals surface area contributed by atoms with Gasteiger partial charge in [-0.15, -0.1) is 9.36 Å². The molecule has 0 spiro atoms. The van der Waals surface area contributed by atoms with E-state index in [1.807, 2.05) is 22.5 Å². The second-order valence-electron chi connectivity index (χ2n) is 5.59. The number of rotatable bonds is 2. The summed E-state index contributed by atoms with van der Waals surface area (Å²) in [5.74, 6) is 0. The molecule has 0 saturated carbocycles. The van der Waals surface area contributed by atoms with Crippen molar-refractivity contribution in [1.82, 2.24) is 9.90 Å². The Balaban J connectivity index is 0.00000176. The van der Waals surface area contributed by atoms with Crippen LogP contribution in [0, 0.1) is 20.8 Å². The van der Waals surface area contributed by atoms with Crippen molar-refractivity contribution in [1.29, 1.82) is 0 Å². The Hall–Kier alpha value is -1.69. The summed E-state index contributed by atoms with van der Waals surface area (Å²) in [5, 5.41) is 4.64. The first-order valence-electron chi connectivity index (χ1n) is 7.16. The van der Waals surface area contributed by atoms with Gasteiger partial charge in [-0.3, -0.25) is 0 Å². The first-order chi connectivity index (χ1) is 10.1. The SMILES string of the molecule is Cc1cc(C)c(-[n+]2cc(-c3ccccc3)n(C)n2)c(C)c1.[I-]. The molecule has 1 heterocycles. The molecule has 0 amide bonds. The van der Waals surface area contributed by atoms with Crippen LogP contribution in [0.5, 0.6) is 0 Å². The molecule has 1 aromatic heterocycles. The molecule has 3 aromatic rings. The first kappa shape index (κ1) is 16.7. The van der Waals surface area contributed by atoms with Gasteiger partial charge in [0.2, 0.25) is 0 Å². The average molecular weight is 405 g/mol. The molecular weight excluding hydrogens is 385 g/mol. The number of hydrogen-bond donors (Lipinski definition) is 0. The minimum Gasteiger partial charge on any atom is -1.00 e. The molecule has 0 radical (unpaired) electrons. The van der Waals surface area contributed by atoms with Crippen LogP contribution in [0.15, 0.2) is 48.7 Å². The number of halogens is 1. The summed E-state index contributed by atoms with van der Waals surface area (Å²) in [6.07, 6.45) is 2.10. The molecule has 114 valence electrons. The van der Waals surface area contributed by atoms with E-state index < -0.39 is 0 Å². The van der Waals surface area contributed by atoms with Crippen LogP contribution < -0.4 is 28.7 Å². The van der Waals surface area contributed by atoms with Crippen molar-refractivity contribution in [2.24, 2.45) is 7.05 Å². The quantitative estimate of drug-likeness (QED) is 0.444. The maximum atomic E-state index is 4.64. The summed E-state index contributed by atoms with van der Waals surface area (Å²) in [4.78, 5) is 0. The molecule has 3 rings (SSSR count). The maximum absolute atomic E-state index is 4.64. The summed E-state index contributed by atoms with van der Waals surface area (Å²) < 4.78 is 3.90. The van der Waals surface area contributed by atoms with Crippen LogP contribution >= 0.6 is 0 Å². The molecule has 0 fully saturated rings. The third kappa shape index (κ3) is 3.06. The molecule has 4 heteroatoms. The minimum atomic E-state index is 0. The molecule has 2 aromatic carbocycles. The lowest BCUT2D eigenvalue weighted by molar-refractivity contribution is -0.662. The van der Waals surface area contributed by atoms with Gasteiger partial charge < -0.3 is 24.0 Å². The van der Waals surface area contributed by atoms with Gasteiger partial charge in [0, 0.05) is 5.56 Å². The van der Waals surface area contributed by atoms with E-state index in [4.69, 9.17) is 0 Å². The second kappa shape index (κ2) is 6.60. The van der Waals surface area contributed by atoms with Crippen molar-refractivity contribution in [3.63, 3.8) is 0 Å². The van der Waals surface area contributed by atoms with Gasteiger partial charge in [-0.2, -0.15) is 0 Å². The highest BCUT2D eigenvalue weighted by molar-refractivity contribution is 5.57. The molecule has 0 saturated heterocycles. The van der Waals surface area contributed by atoms with Crippen LogP contribution in [0.1, 0.15) is 16.7 Å². The molecular formula is C18H20IN3. The van der Waals surface area contributed by atoms with Gasteiger partial charge in [0.25, 0.3) is 0 Å². The summed E-state index contributed by atoms with van der Waals surface area (Å²) in [7, 11) is 1.98. The zero-order chi connectivity index (χ0) is 15.0. The van der Waals surface area contributed by atoms with Crippen LogP contribution in [-0.2, 0) is 7.05 Å². The maximum Gasteiger partial charge on any atom is 0.197 e. The van der Waals surface area contributed by atoms with Crippen LogP contribution in [0.2, 0.25) is 0 Å². The summed E-state index contributed by atoms with van der Waals surface area (Å²) in [5.41, 5.74) is 7.22. The van der Waals surface area contributed by atoms with Gasteiger partial charge in [0.05, 0.1) is 5.21 Å². The number of aromatic nitrogens is 3. The van der Waals surface area contributed by atoms with Crippen molar-refractivity contribution in [2.75, 3.05) is 0 Å². The minimum absolute atomic E-state index is 0. The fraction of sp³-hybridized carbons (Fsp3) is 0.222. The largest absolute Gasteiger partial charge is 1.00 e. The molecule has 0 bridgehead atoms. The van der Waals surface area contributed by atoms with Gasteiger partial charge in [-0.05, 0) is 31.9 Å². The number of aryl methyl sites for hydroxylation is 4. The fourth-order valence-corrected chi connectivity index (χ4v) is 2.93. The normalized spacial score (nSPS) is 10.4. The predicted molar refractivity (Wildman–Crippen MR) is 84.4 cm³/mol. The van der Waals surface area contributed by atoms with E-state index in [1.54, 1.807) is 0 Å². The molecule has 0 aliphatic rings. The first-order valence-corrected chi connectivity index (χ1v) is 7.16. The molecule has 22 heavy (non-hydrogen) atoms. The van der Waals surface area contributed by atoms with E-state index in [1.165, 1.54) is 27.9 Å². The molecule has 0 N–H and O–H groups in total. The lowest BCUT2D eigenvalue weighted by Crippen LogP contribution is -3.00. The molecule has 3 nitrogen and oxygen atoms in total. The molecule has 0 aliphatic heterocycles. The lowest BCUT2D eigenvalue weighted by atomic mass is 10.1. The van der Waals surface area contributed by atoms with Crippen LogP contribution in [0.3, 0.4) is 0 Å². The van der Waals surface area contributed by atoms with E-state index >= 15 is 0 Å². The van der Waals surface area contributed by atoms with Gasteiger partial charge in [-0.1, -0.05) is 48.0 Å². The van der Waals surface area contributed by atoms with Crippen molar-refractivity contribution in [3.05, 3.63) is 65.4 Å². The van der Waals surface area contributed by atoms with Gasteiger partial charge >= 0.3 is 0 Å². The van der Waals surface area contributed by atoms with E-state index in [0.717, 1.165) is 5.69 Å². The predicted octanol–water partition coefficient (Wildman–Crippen LogP) is 0.293. The zero-order valence-corrected chi connectivity index (χ0v) is 15.5. The molecule has 0 aliphatic carbocycles. The third-order valence-corrected chi connectivity index (χ3v) is 3.76. The van der Waals surface area contributed by atoms with Crippen LogP contribution in [0.4, 0.5) is 0 Å². The Bertz CT molecular complexity index is 768. The van der Waals surface area contributed by atoms with Crippen molar-refractivity contribution in [2.45, 2.75) is 20.8 Å². The highest BCUT2D eigenvalue weighted by Gasteiger charge is 2.19. The Labute approximate surface area is 148 Å². The fourth-order valence-electron chi connectivity index (χ4n) is 2.93. The van der Waals surface area contributed by atoms with Gasteiger partial charge in [0.15, 0.2) is 17.6 Å². The summed E-state index contributed by atoms with van der Waals surface area (Å²) >= 11 is 0. The Kier molecular flexibility index (Phi) is 5.01. The van der Waals surface area contributed by atoms with E-state index in [-0.39, 0.29) is 24.0 Å². The van der Waals surface area contributed by atoms with Crippen molar-refractivity contribution < 1.29 is 28.7 Å². The summed E-state index contributed by atoms with van der Waals surface area (Å²) in [6, 6.07) is 14.7. The van der Waals surface area contributed by atoms with Gasteiger partial charge in [-0.25, -0.2) is 0 Å². The molecule has 0 atom stereocenters. The van der Waals surface area contributed by atoms with E-state index in [9.17, 15) is 0 Å². The lowest BCUT2D eigenvalue weighted by Gasteiger charge is -2.05. The van der Waals surface area contributed by atoms with E-state index in [2.05, 4.69) is 68.6 Å².